The van der Waals surface area contributed by atoms with Crippen molar-refractivity contribution in [2.24, 2.45) is 10.8 Å². The predicted octanol–water partition coefficient (Wildman–Crippen LogP) is 4.25. The van der Waals surface area contributed by atoms with Gasteiger partial charge in [-0.25, -0.2) is 0 Å². The zero-order valence-corrected chi connectivity index (χ0v) is 17.9. The van der Waals surface area contributed by atoms with Gasteiger partial charge in [-0.2, -0.15) is 0 Å². The van der Waals surface area contributed by atoms with Crippen LogP contribution >= 0.6 is 0 Å². The van der Waals surface area contributed by atoms with E-state index in [-0.39, 0.29) is 35.1 Å². The highest BCUT2D eigenvalue weighted by atomic mass is 16.2. The second-order valence-electron chi connectivity index (χ2n) is 10.3. The molecule has 0 N–H and O–H groups in total. The van der Waals surface area contributed by atoms with Gasteiger partial charge in [-0.3, -0.25) is 19.3 Å². The van der Waals surface area contributed by atoms with Crippen molar-refractivity contribution in [3.63, 3.8) is 0 Å². The molecule has 2 atom stereocenters. The quantitative estimate of drug-likeness (QED) is 0.716. The summed E-state index contributed by atoms with van der Waals surface area (Å²) in [4.78, 5) is 42.3. The maximum absolute atomic E-state index is 13.0. The minimum absolute atomic E-state index is 0.149. The molecule has 5 nitrogen and oxygen atoms in total. The standard InChI is InChI=1S/C25H28N2O3/c1-24(2)14-25(3)13-19(24)27(15-25)20(28)11-6-12-26-22(29)17-9-4-7-16-8-5-10-18(21(16)17)23(26)30/h4-5,7-10,19H,6,11-15H2,1-3H3. The number of carbonyl (C=O) groups excluding carboxylic acids is 3. The van der Waals surface area contributed by atoms with E-state index < -0.39 is 0 Å². The highest BCUT2D eigenvalue weighted by Gasteiger charge is 2.57. The topological polar surface area (TPSA) is 57.7 Å². The highest BCUT2D eigenvalue weighted by Crippen LogP contribution is 2.56. The molecule has 2 unspecified atom stereocenters. The maximum atomic E-state index is 13.0. The Balaban J connectivity index is 1.28. The van der Waals surface area contributed by atoms with Crippen LogP contribution in [0.15, 0.2) is 36.4 Å². The number of fused-ring (bicyclic) bond motifs is 2. The number of nitrogens with zero attached hydrogens (tertiary/aromatic N) is 2. The third-order valence-corrected chi connectivity index (χ3v) is 7.35. The summed E-state index contributed by atoms with van der Waals surface area (Å²) in [5, 5.41) is 1.65. The first-order chi connectivity index (χ1) is 14.2. The smallest absolute Gasteiger partial charge is 0.261 e. The average Bonchev–Trinajstić information content (AvgIpc) is 3.17. The summed E-state index contributed by atoms with van der Waals surface area (Å²) in [5.74, 6) is -0.368. The molecule has 0 spiro atoms. The van der Waals surface area contributed by atoms with Crippen LogP contribution in [0.25, 0.3) is 10.8 Å². The number of hydrogen-bond acceptors (Lipinski definition) is 3. The second-order valence-corrected chi connectivity index (χ2v) is 10.3. The Bertz CT molecular complexity index is 1040. The molecule has 3 amide bonds. The third-order valence-electron chi connectivity index (χ3n) is 7.35. The van der Waals surface area contributed by atoms with Gasteiger partial charge in [0.1, 0.15) is 0 Å². The fourth-order valence-corrected chi connectivity index (χ4v) is 6.28. The molecule has 2 aromatic carbocycles. The summed E-state index contributed by atoms with van der Waals surface area (Å²) in [6.07, 6.45) is 3.10. The molecule has 2 bridgehead atoms. The summed E-state index contributed by atoms with van der Waals surface area (Å²) in [6, 6.07) is 11.4. The molecule has 1 saturated heterocycles. The third kappa shape index (κ3) is 2.78. The molecule has 0 aromatic heterocycles. The zero-order valence-electron chi connectivity index (χ0n) is 17.9. The summed E-state index contributed by atoms with van der Waals surface area (Å²) in [7, 11) is 0. The van der Waals surface area contributed by atoms with Crippen molar-refractivity contribution >= 4 is 28.5 Å². The average molecular weight is 405 g/mol. The van der Waals surface area contributed by atoms with Crippen LogP contribution in [0.3, 0.4) is 0 Å². The number of hydrogen-bond donors (Lipinski definition) is 0. The molecule has 5 rings (SSSR count). The van der Waals surface area contributed by atoms with Crippen molar-refractivity contribution < 1.29 is 14.4 Å². The molecule has 1 saturated carbocycles. The number of imide groups is 1. The van der Waals surface area contributed by atoms with Crippen molar-refractivity contribution in [3.8, 4) is 0 Å². The number of rotatable bonds is 4. The van der Waals surface area contributed by atoms with Crippen LogP contribution < -0.4 is 0 Å². The van der Waals surface area contributed by atoms with Crippen LogP contribution in [0.1, 0.15) is 67.2 Å². The van der Waals surface area contributed by atoms with Crippen LogP contribution in [0.5, 0.6) is 0 Å². The van der Waals surface area contributed by atoms with Gasteiger partial charge in [0.2, 0.25) is 5.91 Å². The van der Waals surface area contributed by atoms with E-state index in [4.69, 9.17) is 0 Å². The van der Waals surface area contributed by atoms with E-state index >= 15 is 0 Å². The van der Waals surface area contributed by atoms with Crippen LogP contribution in [-0.4, -0.2) is 46.7 Å². The largest absolute Gasteiger partial charge is 0.339 e. The van der Waals surface area contributed by atoms with E-state index in [1.807, 2.05) is 24.3 Å². The molecule has 2 fully saturated rings. The van der Waals surface area contributed by atoms with Crippen LogP contribution in [0.2, 0.25) is 0 Å². The Morgan fingerprint density at radius 2 is 1.67 bits per heavy atom. The van der Waals surface area contributed by atoms with Crippen molar-refractivity contribution in [2.75, 3.05) is 13.1 Å². The van der Waals surface area contributed by atoms with E-state index in [1.165, 1.54) is 4.90 Å². The summed E-state index contributed by atoms with van der Waals surface area (Å²) in [6.45, 7) is 7.90. The van der Waals surface area contributed by atoms with Gasteiger partial charge in [0.25, 0.3) is 11.8 Å². The van der Waals surface area contributed by atoms with E-state index in [0.717, 1.165) is 30.2 Å². The van der Waals surface area contributed by atoms with Gasteiger partial charge in [0, 0.05) is 42.1 Å². The first-order valence-electron chi connectivity index (χ1n) is 10.9. The molecular weight excluding hydrogens is 376 g/mol. The van der Waals surface area contributed by atoms with Crippen molar-refractivity contribution in [3.05, 3.63) is 47.5 Å². The lowest BCUT2D eigenvalue weighted by atomic mass is 9.79. The molecule has 1 aliphatic carbocycles. The minimum Gasteiger partial charge on any atom is -0.339 e. The highest BCUT2D eigenvalue weighted by molar-refractivity contribution is 6.25. The SMILES string of the molecule is CC12CC(N(C(=O)CCCN3C(=O)c4cccc5cccc(c45)C3=O)C1)C(C)(C)C2. The molecule has 2 heterocycles. The number of carbonyl (C=O) groups is 3. The normalized spacial score (nSPS) is 26.7. The van der Waals surface area contributed by atoms with Gasteiger partial charge in [0.15, 0.2) is 0 Å². The van der Waals surface area contributed by atoms with E-state index in [9.17, 15) is 14.4 Å². The fourth-order valence-electron chi connectivity index (χ4n) is 6.28. The first-order valence-corrected chi connectivity index (χ1v) is 10.9. The number of likely N-dealkylation sites (tertiary alicyclic amines) is 1. The molecule has 30 heavy (non-hydrogen) atoms. The molecule has 2 aromatic rings. The lowest BCUT2D eigenvalue weighted by Crippen LogP contribution is -2.47. The molecule has 0 radical (unpaired) electrons. The maximum Gasteiger partial charge on any atom is 0.261 e. The first kappa shape index (κ1) is 19.3. The van der Waals surface area contributed by atoms with E-state index in [2.05, 4.69) is 25.7 Å². The Hall–Kier alpha value is -2.69. The summed E-state index contributed by atoms with van der Waals surface area (Å²) >= 11 is 0. The summed E-state index contributed by atoms with van der Waals surface area (Å²) in [5.41, 5.74) is 1.52. The zero-order chi connectivity index (χ0) is 21.3. The number of amides is 3. The Kier molecular flexibility index (Phi) is 4.12. The van der Waals surface area contributed by atoms with E-state index in [0.29, 0.717) is 30.0 Å². The van der Waals surface area contributed by atoms with Crippen molar-refractivity contribution in [1.29, 1.82) is 0 Å². The fraction of sp³-hybridized carbons (Fsp3) is 0.480. The summed E-state index contributed by atoms with van der Waals surface area (Å²) < 4.78 is 0. The van der Waals surface area contributed by atoms with Crippen LogP contribution in [0.4, 0.5) is 0 Å². The van der Waals surface area contributed by atoms with Crippen LogP contribution in [0, 0.1) is 10.8 Å². The number of benzene rings is 2. The van der Waals surface area contributed by atoms with Crippen molar-refractivity contribution in [2.45, 2.75) is 52.5 Å². The Labute approximate surface area is 177 Å². The second kappa shape index (κ2) is 6.40. The molecule has 3 aliphatic rings. The van der Waals surface area contributed by atoms with E-state index in [1.54, 1.807) is 12.1 Å². The predicted molar refractivity (Wildman–Crippen MR) is 115 cm³/mol. The molecular formula is C25H28N2O3. The monoisotopic (exact) mass is 404 g/mol. The van der Waals surface area contributed by atoms with Crippen molar-refractivity contribution in [1.82, 2.24) is 9.80 Å². The molecule has 5 heteroatoms. The molecule has 2 aliphatic heterocycles. The van der Waals surface area contributed by atoms with Gasteiger partial charge in [-0.1, -0.05) is 45.0 Å². The van der Waals surface area contributed by atoms with Gasteiger partial charge < -0.3 is 4.90 Å². The van der Waals surface area contributed by atoms with Gasteiger partial charge >= 0.3 is 0 Å². The van der Waals surface area contributed by atoms with Gasteiger partial charge in [0.05, 0.1) is 0 Å². The Morgan fingerprint density at radius 1 is 1.03 bits per heavy atom. The molecule has 156 valence electrons. The van der Waals surface area contributed by atoms with Gasteiger partial charge in [-0.05, 0) is 47.6 Å². The lowest BCUT2D eigenvalue weighted by Gasteiger charge is -2.41. The minimum atomic E-state index is -0.259. The lowest BCUT2D eigenvalue weighted by molar-refractivity contribution is -0.136. The Morgan fingerprint density at radius 3 is 2.23 bits per heavy atom. The number of piperidine rings is 1. The van der Waals surface area contributed by atoms with Crippen LogP contribution in [-0.2, 0) is 4.79 Å². The van der Waals surface area contributed by atoms with Gasteiger partial charge in [-0.15, -0.1) is 0 Å².